The third-order valence-corrected chi connectivity index (χ3v) is 3.88. The smallest absolute Gasteiger partial charge is 0.255 e. The molecule has 0 atom stereocenters. The van der Waals surface area contributed by atoms with Gasteiger partial charge in [0.1, 0.15) is 5.69 Å². The number of nitrogens with zero attached hydrogens (tertiary/aromatic N) is 1. The lowest BCUT2D eigenvalue weighted by molar-refractivity contribution is 0.102. The van der Waals surface area contributed by atoms with Crippen LogP contribution in [-0.4, -0.2) is 15.9 Å². The highest BCUT2D eigenvalue weighted by molar-refractivity contribution is 6.06. The van der Waals surface area contributed by atoms with Crippen LogP contribution in [-0.2, 0) is 0 Å². The number of rotatable bonds is 4. The lowest BCUT2D eigenvalue weighted by Gasteiger charge is -2.11. The molecule has 2 heterocycles. The minimum absolute atomic E-state index is 0.0374. The number of benzene rings is 2. The topological polar surface area (TPSA) is 67.0 Å². The summed E-state index contributed by atoms with van der Waals surface area (Å²) in [7, 11) is 0. The molecule has 0 aliphatic heterocycles. The number of para-hydroxylation sites is 1. The van der Waals surface area contributed by atoms with Crippen LogP contribution in [0.4, 0.5) is 10.1 Å². The zero-order chi connectivity index (χ0) is 17.9. The van der Waals surface area contributed by atoms with Gasteiger partial charge in [0.15, 0.2) is 11.6 Å². The number of fused-ring (bicyclic) bond motifs is 1. The molecule has 0 bridgehead atoms. The third kappa shape index (κ3) is 3.12. The summed E-state index contributed by atoms with van der Waals surface area (Å²) < 4.78 is 19.3. The molecule has 2 N–H and O–H groups in total. The first-order valence-corrected chi connectivity index (χ1v) is 7.96. The van der Waals surface area contributed by atoms with Crippen LogP contribution in [0.15, 0.2) is 73.1 Å². The van der Waals surface area contributed by atoms with Crippen molar-refractivity contribution in [2.75, 3.05) is 5.32 Å². The Labute approximate surface area is 148 Å². The van der Waals surface area contributed by atoms with Crippen molar-refractivity contribution in [2.24, 2.45) is 0 Å². The van der Waals surface area contributed by atoms with E-state index in [2.05, 4.69) is 15.3 Å². The zero-order valence-electron chi connectivity index (χ0n) is 13.6. The first-order chi connectivity index (χ1) is 12.7. The lowest BCUT2D eigenvalue weighted by atomic mass is 10.1. The van der Waals surface area contributed by atoms with E-state index in [-0.39, 0.29) is 17.5 Å². The lowest BCUT2D eigenvalue weighted by Crippen LogP contribution is -2.12. The molecule has 26 heavy (non-hydrogen) atoms. The molecule has 0 saturated heterocycles. The number of amides is 1. The van der Waals surface area contributed by atoms with Gasteiger partial charge in [-0.05, 0) is 48.5 Å². The Morgan fingerprint density at radius 3 is 2.85 bits per heavy atom. The van der Waals surface area contributed by atoms with Crippen LogP contribution in [0.2, 0.25) is 0 Å². The second-order valence-electron chi connectivity index (χ2n) is 5.62. The van der Waals surface area contributed by atoms with Crippen molar-refractivity contribution in [3.8, 4) is 11.6 Å². The number of H-pyrrole nitrogens is 1. The summed E-state index contributed by atoms with van der Waals surface area (Å²) in [5.74, 6) is -0.656. The Bertz CT molecular complexity index is 1090. The number of halogens is 1. The van der Waals surface area contributed by atoms with E-state index >= 15 is 0 Å². The molecule has 0 fully saturated rings. The van der Waals surface area contributed by atoms with Gasteiger partial charge in [0, 0.05) is 28.9 Å². The molecule has 0 spiro atoms. The molecule has 128 valence electrons. The second kappa shape index (κ2) is 6.68. The van der Waals surface area contributed by atoms with Crippen LogP contribution in [0.5, 0.6) is 11.6 Å². The monoisotopic (exact) mass is 347 g/mol. The number of ether oxygens (including phenoxy) is 1. The molecule has 0 saturated carbocycles. The maximum Gasteiger partial charge on any atom is 0.255 e. The number of nitrogens with one attached hydrogen (secondary N) is 2. The highest BCUT2D eigenvalue weighted by atomic mass is 19.1. The Morgan fingerprint density at radius 1 is 1.08 bits per heavy atom. The van der Waals surface area contributed by atoms with E-state index in [1.165, 1.54) is 18.3 Å². The SMILES string of the molecule is O=C(Nc1cccnc1Oc1ccccc1F)c1ccc2[nH]ccc2c1. The van der Waals surface area contributed by atoms with Crippen LogP contribution >= 0.6 is 0 Å². The summed E-state index contributed by atoms with van der Waals surface area (Å²) in [4.78, 5) is 19.7. The second-order valence-corrected chi connectivity index (χ2v) is 5.62. The molecule has 1 amide bonds. The molecular weight excluding hydrogens is 333 g/mol. The van der Waals surface area contributed by atoms with Gasteiger partial charge >= 0.3 is 0 Å². The van der Waals surface area contributed by atoms with Crippen LogP contribution in [0.3, 0.4) is 0 Å². The van der Waals surface area contributed by atoms with Crippen molar-refractivity contribution < 1.29 is 13.9 Å². The van der Waals surface area contributed by atoms with Gasteiger partial charge in [0.25, 0.3) is 5.91 Å². The van der Waals surface area contributed by atoms with Crippen LogP contribution in [0.1, 0.15) is 10.4 Å². The molecule has 0 aliphatic rings. The van der Waals surface area contributed by atoms with Gasteiger partial charge in [0.05, 0.1) is 0 Å². The molecule has 6 heteroatoms. The summed E-state index contributed by atoms with van der Waals surface area (Å²) in [6, 6.07) is 16.6. The number of hydrogen-bond acceptors (Lipinski definition) is 3. The average Bonchev–Trinajstić information content (AvgIpc) is 3.13. The molecule has 5 nitrogen and oxygen atoms in total. The van der Waals surface area contributed by atoms with Crippen molar-refractivity contribution in [1.82, 2.24) is 9.97 Å². The Balaban J connectivity index is 1.60. The fourth-order valence-corrected chi connectivity index (χ4v) is 2.59. The average molecular weight is 347 g/mol. The number of carbonyl (C=O) groups is 1. The first kappa shape index (κ1) is 15.8. The van der Waals surface area contributed by atoms with Gasteiger partial charge in [-0.15, -0.1) is 0 Å². The number of carbonyl (C=O) groups excluding carboxylic acids is 1. The van der Waals surface area contributed by atoms with E-state index < -0.39 is 5.82 Å². The summed E-state index contributed by atoms with van der Waals surface area (Å²) in [5.41, 5.74) is 1.80. The summed E-state index contributed by atoms with van der Waals surface area (Å²) in [6.45, 7) is 0. The first-order valence-electron chi connectivity index (χ1n) is 7.96. The summed E-state index contributed by atoms with van der Waals surface area (Å²) >= 11 is 0. The van der Waals surface area contributed by atoms with Gasteiger partial charge < -0.3 is 15.0 Å². The minimum Gasteiger partial charge on any atom is -0.434 e. The van der Waals surface area contributed by atoms with Crippen molar-refractivity contribution in [1.29, 1.82) is 0 Å². The normalized spacial score (nSPS) is 10.7. The molecule has 4 aromatic rings. The molecule has 0 aliphatic carbocycles. The largest absolute Gasteiger partial charge is 0.434 e. The van der Waals surface area contributed by atoms with Gasteiger partial charge in [-0.2, -0.15) is 0 Å². The number of aromatic nitrogens is 2. The Morgan fingerprint density at radius 2 is 1.96 bits per heavy atom. The molecule has 0 radical (unpaired) electrons. The minimum atomic E-state index is -0.506. The van der Waals surface area contributed by atoms with E-state index in [0.717, 1.165) is 10.9 Å². The van der Waals surface area contributed by atoms with E-state index in [9.17, 15) is 9.18 Å². The maximum atomic E-state index is 13.8. The van der Waals surface area contributed by atoms with Crippen molar-refractivity contribution >= 4 is 22.5 Å². The van der Waals surface area contributed by atoms with E-state index in [1.54, 1.807) is 36.4 Å². The van der Waals surface area contributed by atoms with E-state index in [1.807, 2.05) is 18.3 Å². The highest BCUT2D eigenvalue weighted by Crippen LogP contribution is 2.29. The maximum absolute atomic E-state index is 13.8. The van der Waals surface area contributed by atoms with Crippen molar-refractivity contribution in [3.63, 3.8) is 0 Å². The number of aromatic amines is 1. The predicted octanol–water partition coefficient (Wildman–Crippen LogP) is 4.75. The van der Waals surface area contributed by atoms with Gasteiger partial charge in [-0.3, -0.25) is 4.79 Å². The Hall–Kier alpha value is -3.67. The summed E-state index contributed by atoms with van der Waals surface area (Å²) in [5, 5.41) is 3.70. The van der Waals surface area contributed by atoms with Crippen LogP contribution < -0.4 is 10.1 Å². The number of anilines is 1. The fourth-order valence-electron chi connectivity index (χ4n) is 2.59. The van der Waals surface area contributed by atoms with E-state index in [4.69, 9.17) is 4.74 Å². The molecular formula is C20H14FN3O2. The van der Waals surface area contributed by atoms with Gasteiger partial charge in [-0.25, -0.2) is 9.37 Å². The van der Waals surface area contributed by atoms with Gasteiger partial charge in [0.2, 0.25) is 5.88 Å². The van der Waals surface area contributed by atoms with Crippen molar-refractivity contribution in [2.45, 2.75) is 0 Å². The molecule has 2 aromatic heterocycles. The third-order valence-electron chi connectivity index (χ3n) is 3.88. The van der Waals surface area contributed by atoms with Gasteiger partial charge in [-0.1, -0.05) is 12.1 Å². The number of hydrogen-bond donors (Lipinski definition) is 2. The molecule has 4 rings (SSSR count). The van der Waals surface area contributed by atoms with Crippen LogP contribution in [0, 0.1) is 5.82 Å². The van der Waals surface area contributed by atoms with Crippen molar-refractivity contribution in [3.05, 3.63) is 84.4 Å². The fraction of sp³-hybridized carbons (Fsp3) is 0. The number of pyridine rings is 1. The standard InChI is InChI=1S/C20H14FN3O2/c21-15-4-1-2-6-18(15)26-20-17(5-3-10-23-20)24-19(25)14-7-8-16-13(12-14)9-11-22-16/h1-12,22H,(H,24,25). The predicted molar refractivity (Wildman–Crippen MR) is 97.0 cm³/mol. The van der Waals surface area contributed by atoms with Crippen LogP contribution in [0.25, 0.3) is 10.9 Å². The highest BCUT2D eigenvalue weighted by Gasteiger charge is 2.13. The quantitative estimate of drug-likeness (QED) is 0.560. The Kier molecular flexibility index (Phi) is 4.07. The molecule has 0 unspecified atom stereocenters. The zero-order valence-corrected chi connectivity index (χ0v) is 13.6. The van der Waals surface area contributed by atoms with E-state index in [0.29, 0.717) is 11.3 Å². The molecule has 2 aromatic carbocycles. The summed E-state index contributed by atoms with van der Waals surface area (Å²) in [6.07, 6.45) is 3.32.